The molecule has 0 N–H and O–H groups in total. The fraction of sp³-hybridized carbons (Fsp3) is 0.0714. The van der Waals surface area contributed by atoms with Gasteiger partial charge in [0.1, 0.15) is 0 Å². The highest BCUT2D eigenvalue weighted by atomic mass is 16.6. The number of non-ortho nitro benzene ring substituents is 1. The number of benzene rings is 2. The SMILES string of the molecule is COc1ccc([N+](=O)[O-])cc1OC(=O)c1ccccc1. The first-order chi connectivity index (χ1) is 9.61. The minimum atomic E-state index is -0.607. The molecule has 20 heavy (non-hydrogen) atoms. The van der Waals surface area contributed by atoms with E-state index in [-0.39, 0.29) is 17.2 Å². The number of ether oxygens (including phenoxy) is 2. The van der Waals surface area contributed by atoms with Gasteiger partial charge in [-0.1, -0.05) is 18.2 Å². The summed E-state index contributed by atoms with van der Waals surface area (Å²) in [5.74, 6) is -0.347. The lowest BCUT2D eigenvalue weighted by atomic mass is 10.2. The summed E-state index contributed by atoms with van der Waals surface area (Å²) in [6.07, 6.45) is 0. The van der Waals surface area contributed by atoms with Crippen LogP contribution in [0.1, 0.15) is 10.4 Å². The Bertz CT molecular complexity index is 639. The molecule has 6 nitrogen and oxygen atoms in total. The molecule has 6 heteroatoms. The van der Waals surface area contributed by atoms with Crippen molar-refractivity contribution in [3.63, 3.8) is 0 Å². The van der Waals surface area contributed by atoms with E-state index in [4.69, 9.17) is 9.47 Å². The first-order valence-corrected chi connectivity index (χ1v) is 5.71. The normalized spacial score (nSPS) is 9.85. The third kappa shape index (κ3) is 2.92. The molecule has 0 radical (unpaired) electrons. The fourth-order valence-electron chi connectivity index (χ4n) is 1.59. The lowest BCUT2D eigenvalue weighted by Crippen LogP contribution is -2.09. The molecule has 0 unspecified atom stereocenters. The number of hydrogen-bond acceptors (Lipinski definition) is 5. The zero-order valence-corrected chi connectivity index (χ0v) is 10.6. The zero-order chi connectivity index (χ0) is 14.5. The maximum absolute atomic E-state index is 11.9. The van der Waals surface area contributed by atoms with Gasteiger partial charge in [0, 0.05) is 6.07 Å². The Kier molecular flexibility index (Phi) is 3.95. The number of rotatable bonds is 4. The monoisotopic (exact) mass is 273 g/mol. The van der Waals surface area contributed by atoms with Crippen LogP contribution in [0.3, 0.4) is 0 Å². The van der Waals surface area contributed by atoms with Crippen molar-refractivity contribution in [2.45, 2.75) is 0 Å². The number of methoxy groups -OCH3 is 1. The molecule has 2 aromatic carbocycles. The molecule has 0 aromatic heterocycles. The van der Waals surface area contributed by atoms with E-state index in [1.54, 1.807) is 30.3 Å². The summed E-state index contributed by atoms with van der Waals surface area (Å²) in [6.45, 7) is 0. The van der Waals surface area contributed by atoms with Crippen LogP contribution in [0.5, 0.6) is 11.5 Å². The Labute approximate surface area is 114 Å². The molecule has 0 aliphatic carbocycles. The summed E-state index contributed by atoms with van der Waals surface area (Å²) in [6, 6.07) is 12.1. The maximum atomic E-state index is 11.9. The average Bonchev–Trinajstić information content (AvgIpc) is 2.48. The van der Waals surface area contributed by atoms with Crippen LogP contribution in [0, 0.1) is 10.1 Å². The molecule has 2 aromatic rings. The van der Waals surface area contributed by atoms with Gasteiger partial charge >= 0.3 is 5.97 Å². The van der Waals surface area contributed by atoms with Gasteiger partial charge in [-0.3, -0.25) is 10.1 Å². The molecular weight excluding hydrogens is 262 g/mol. The van der Waals surface area contributed by atoms with E-state index < -0.39 is 10.9 Å². The van der Waals surface area contributed by atoms with E-state index in [0.29, 0.717) is 5.56 Å². The van der Waals surface area contributed by atoms with E-state index in [9.17, 15) is 14.9 Å². The number of nitro benzene ring substituents is 1. The Morgan fingerprint density at radius 3 is 2.40 bits per heavy atom. The highest BCUT2D eigenvalue weighted by Crippen LogP contribution is 2.31. The van der Waals surface area contributed by atoms with Crippen LogP contribution in [0.15, 0.2) is 48.5 Å². The Morgan fingerprint density at radius 2 is 1.80 bits per heavy atom. The maximum Gasteiger partial charge on any atom is 0.343 e. The van der Waals surface area contributed by atoms with E-state index in [0.717, 1.165) is 6.07 Å². The van der Waals surface area contributed by atoms with E-state index >= 15 is 0 Å². The quantitative estimate of drug-likeness (QED) is 0.370. The number of carbonyl (C=O) groups is 1. The Balaban J connectivity index is 2.30. The van der Waals surface area contributed by atoms with Crippen LogP contribution in [0.4, 0.5) is 5.69 Å². The van der Waals surface area contributed by atoms with Crippen molar-refractivity contribution in [3.05, 3.63) is 64.2 Å². The molecule has 0 saturated heterocycles. The van der Waals surface area contributed by atoms with Crippen molar-refractivity contribution < 1.29 is 19.2 Å². The average molecular weight is 273 g/mol. The second-order valence-corrected chi connectivity index (χ2v) is 3.85. The van der Waals surface area contributed by atoms with Gasteiger partial charge in [-0.15, -0.1) is 0 Å². The van der Waals surface area contributed by atoms with E-state index in [1.165, 1.54) is 19.2 Å². The molecule has 0 fully saturated rings. The minimum absolute atomic E-state index is 0.00977. The lowest BCUT2D eigenvalue weighted by Gasteiger charge is -2.08. The molecular formula is C14H11NO5. The van der Waals surface area contributed by atoms with Crippen LogP contribution >= 0.6 is 0 Å². The number of nitro groups is 1. The van der Waals surface area contributed by atoms with Gasteiger partial charge in [-0.2, -0.15) is 0 Å². The van der Waals surface area contributed by atoms with Gasteiger partial charge in [0.25, 0.3) is 5.69 Å². The van der Waals surface area contributed by atoms with Gasteiger partial charge in [0.05, 0.1) is 23.7 Å². The Morgan fingerprint density at radius 1 is 1.10 bits per heavy atom. The molecule has 0 atom stereocenters. The van der Waals surface area contributed by atoms with E-state index in [2.05, 4.69) is 0 Å². The molecule has 2 rings (SSSR count). The molecule has 102 valence electrons. The molecule has 0 heterocycles. The standard InChI is InChI=1S/C14H11NO5/c1-19-12-8-7-11(15(17)18)9-13(12)20-14(16)10-5-3-2-4-6-10/h2-9H,1H3. The first-order valence-electron chi connectivity index (χ1n) is 5.71. The minimum Gasteiger partial charge on any atom is -0.493 e. The second-order valence-electron chi connectivity index (χ2n) is 3.85. The molecule has 0 spiro atoms. The summed E-state index contributed by atoms with van der Waals surface area (Å²) >= 11 is 0. The van der Waals surface area contributed by atoms with Crippen LogP contribution in [0.25, 0.3) is 0 Å². The van der Waals surface area contributed by atoms with Crippen molar-refractivity contribution in [2.24, 2.45) is 0 Å². The van der Waals surface area contributed by atoms with Gasteiger partial charge in [0.2, 0.25) is 0 Å². The highest BCUT2D eigenvalue weighted by Gasteiger charge is 2.16. The largest absolute Gasteiger partial charge is 0.493 e. The summed E-state index contributed by atoms with van der Waals surface area (Å²) in [4.78, 5) is 22.1. The molecule has 0 aliphatic rings. The lowest BCUT2D eigenvalue weighted by molar-refractivity contribution is -0.384. The third-order valence-corrected chi connectivity index (χ3v) is 2.57. The van der Waals surface area contributed by atoms with E-state index in [1.807, 2.05) is 0 Å². The summed E-state index contributed by atoms with van der Waals surface area (Å²) in [7, 11) is 1.39. The summed E-state index contributed by atoms with van der Waals surface area (Å²) in [5, 5.41) is 10.7. The summed E-state index contributed by atoms with van der Waals surface area (Å²) < 4.78 is 10.2. The third-order valence-electron chi connectivity index (χ3n) is 2.57. The number of nitrogens with zero attached hydrogens (tertiary/aromatic N) is 1. The van der Waals surface area contributed by atoms with Crippen LogP contribution < -0.4 is 9.47 Å². The van der Waals surface area contributed by atoms with Crippen molar-refractivity contribution in [1.82, 2.24) is 0 Å². The Hall–Kier alpha value is -2.89. The molecule has 0 aliphatic heterocycles. The number of carbonyl (C=O) groups excluding carboxylic acids is 1. The van der Waals surface area contributed by atoms with Gasteiger partial charge in [-0.05, 0) is 18.2 Å². The van der Waals surface area contributed by atoms with Crippen molar-refractivity contribution in [2.75, 3.05) is 7.11 Å². The molecule has 0 amide bonds. The van der Waals surface area contributed by atoms with Gasteiger partial charge in [-0.25, -0.2) is 4.79 Å². The second kappa shape index (κ2) is 5.83. The predicted molar refractivity (Wildman–Crippen MR) is 71.0 cm³/mol. The van der Waals surface area contributed by atoms with Gasteiger partial charge < -0.3 is 9.47 Å². The summed E-state index contributed by atoms with van der Waals surface area (Å²) in [5.41, 5.74) is 0.169. The molecule has 0 saturated carbocycles. The zero-order valence-electron chi connectivity index (χ0n) is 10.6. The topological polar surface area (TPSA) is 78.7 Å². The predicted octanol–water partition coefficient (Wildman–Crippen LogP) is 2.82. The van der Waals surface area contributed by atoms with Crippen LogP contribution in [-0.4, -0.2) is 18.0 Å². The first kappa shape index (κ1) is 13.5. The van der Waals surface area contributed by atoms with Crippen LogP contribution in [0.2, 0.25) is 0 Å². The fourth-order valence-corrected chi connectivity index (χ4v) is 1.59. The number of hydrogen-bond donors (Lipinski definition) is 0. The van der Waals surface area contributed by atoms with Gasteiger partial charge in [0.15, 0.2) is 11.5 Å². The smallest absolute Gasteiger partial charge is 0.343 e. The van der Waals surface area contributed by atoms with Crippen molar-refractivity contribution in [3.8, 4) is 11.5 Å². The number of esters is 1. The van der Waals surface area contributed by atoms with Crippen molar-refractivity contribution in [1.29, 1.82) is 0 Å². The van der Waals surface area contributed by atoms with Crippen molar-refractivity contribution >= 4 is 11.7 Å². The highest BCUT2D eigenvalue weighted by molar-refractivity contribution is 5.91. The molecule has 0 bridgehead atoms. The van der Waals surface area contributed by atoms with Crippen LogP contribution in [-0.2, 0) is 0 Å².